The Labute approximate surface area is 485 Å². The van der Waals surface area contributed by atoms with E-state index in [1.807, 2.05) is 53.1 Å². The van der Waals surface area contributed by atoms with E-state index in [4.69, 9.17) is 35.0 Å². The summed E-state index contributed by atoms with van der Waals surface area (Å²) in [6.07, 6.45) is 10.2. The normalized spacial score (nSPS) is 15.0. The molecule has 3 aliphatic heterocycles. The summed E-state index contributed by atoms with van der Waals surface area (Å²) >= 11 is 0. The maximum Gasteiger partial charge on any atom is 0.407 e. The number of aromatic nitrogens is 4. The van der Waals surface area contributed by atoms with E-state index in [1.165, 1.54) is 24.0 Å². The van der Waals surface area contributed by atoms with Crippen LogP contribution in [0.25, 0.3) is 22.2 Å². The van der Waals surface area contributed by atoms with E-state index >= 15 is 0 Å². The fourth-order valence-electron chi connectivity index (χ4n) is 11.9. The highest BCUT2D eigenvalue weighted by atomic mass is 16.6. The molecule has 426 valence electrons. The molecule has 82 heavy (non-hydrogen) atoms. The quantitative estimate of drug-likeness (QED) is 0.0845. The topological polar surface area (TPSA) is 145 Å². The van der Waals surface area contributed by atoms with Crippen molar-refractivity contribution in [3.63, 3.8) is 0 Å². The molecule has 0 spiro atoms. The molecule has 0 aliphatic carbocycles. The standard InChI is InChI=1S/C46H51N5O3.C23H30N4O/c1-33(2)53-39-21-22-41-40(32-39)43(35-24-28-47-42(31-35)50-29-25-34(26-30-50)23-27-48-44(52)54-45(3,4)5)49-51(41)46(36-15-9-6-10-16-36,37-17-11-7-12-18-37)38-19-13-8-14-20-38;1-16(2)28-20-4-3-19-15-26-23(21(19)14-20)18-6-10-25-22(13-18)27-11-7-17(5-9-24)8-12-27/h6-22,24,28,31-34H,23,25-27,29-30H2,1-5H3,(H,48,52);3-4,6,10,13-14,16-17H,5,7-9,11-12,15,24H2,1-2H3. The molecule has 0 radical (unpaired) electrons. The molecule has 2 fully saturated rings. The van der Waals surface area contributed by atoms with E-state index in [0.29, 0.717) is 12.5 Å². The fourth-order valence-corrected chi connectivity index (χ4v) is 11.9. The van der Waals surface area contributed by atoms with Crippen LogP contribution in [-0.4, -0.2) is 88.6 Å². The number of amides is 1. The van der Waals surface area contributed by atoms with Gasteiger partial charge in [-0.1, -0.05) is 97.1 Å². The number of nitrogens with zero attached hydrogens (tertiary/aromatic N) is 7. The molecule has 0 saturated carbocycles. The molecular weight excluding hydrogens is 1020 g/mol. The molecule has 3 aromatic heterocycles. The van der Waals surface area contributed by atoms with Gasteiger partial charge in [-0.2, -0.15) is 5.10 Å². The lowest BCUT2D eigenvalue weighted by atomic mass is 9.77. The van der Waals surface area contributed by atoms with E-state index in [9.17, 15) is 4.79 Å². The lowest BCUT2D eigenvalue weighted by Gasteiger charge is -2.37. The van der Waals surface area contributed by atoms with E-state index in [-0.39, 0.29) is 18.3 Å². The van der Waals surface area contributed by atoms with E-state index in [0.717, 1.165) is 144 Å². The maximum absolute atomic E-state index is 12.1. The number of ether oxygens (including phenoxy) is 3. The number of benzene rings is 5. The van der Waals surface area contributed by atoms with Crippen LogP contribution in [0.5, 0.6) is 11.5 Å². The molecule has 0 unspecified atom stereocenters. The SMILES string of the molecule is CC(C)Oc1ccc2c(c1)C(c1ccnc(N3CCC(CCN)CC3)c1)=NC2.CC(C)Oc1ccc2c(c1)c(-c1ccnc(N3CCC(CCNC(=O)OC(C)(C)C)CC3)c1)nn2C(c1ccccc1)(c1ccccc1)c1ccccc1. The van der Waals surface area contributed by atoms with Gasteiger partial charge in [0.25, 0.3) is 0 Å². The van der Waals surface area contributed by atoms with Crippen molar-refractivity contribution in [2.24, 2.45) is 22.6 Å². The first-order valence-electron chi connectivity index (χ1n) is 29.6. The molecule has 3 aliphatic rings. The molecule has 13 heteroatoms. The van der Waals surface area contributed by atoms with Crippen molar-refractivity contribution in [1.82, 2.24) is 25.1 Å². The highest BCUT2D eigenvalue weighted by Gasteiger charge is 2.41. The van der Waals surface area contributed by atoms with Crippen LogP contribution >= 0.6 is 0 Å². The van der Waals surface area contributed by atoms with Crippen molar-refractivity contribution in [1.29, 1.82) is 0 Å². The number of aliphatic imine (C=N–C) groups is 1. The Kier molecular flexibility index (Phi) is 18.0. The van der Waals surface area contributed by atoms with Gasteiger partial charge in [0, 0.05) is 67.2 Å². The monoisotopic (exact) mass is 1100 g/mol. The number of nitrogens with one attached hydrogen (secondary N) is 1. The number of piperidine rings is 2. The van der Waals surface area contributed by atoms with Crippen LogP contribution in [0.4, 0.5) is 16.4 Å². The third kappa shape index (κ3) is 13.3. The number of nitrogens with two attached hydrogens (primary N) is 1. The van der Waals surface area contributed by atoms with Gasteiger partial charge in [-0.25, -0.2) is 19.4 Å². The summed E-state index contributed by atoms with van der Waals surface area (Å²) in [5.41, 5.74) is 15.3. The second kappa shape index (κ2) is 25.8. The molecule has 6 heterocycles. The zero-order valence-corrected chi connectivity index (χ0v) is 48.9. The predicted octanol–water partition coefficient (Wildman–Crippen LogP) is 13.6. The Hall–Kier alpha value is -8.03. The molecule has 5 aromatic carbocycles. The smallest absolute Gasteiger partial charge is 0.407 e. The minimum atomic E-state index is -0.781. The van der Waals surface area contributed by atoms with Crippen LogP contribution in [0.1, 0.15) is 120 Å². The van der Waals surface area contributed by atoms with Gasteiger partial charge in [-0.15, -0.1) is 0 Å². The van der Waals surface area contributed by atoms with Crippen molar-refractivity contribution in [2.45, 2.75) is 117 Å². The van der Waals surface area contributed by atoms with Crippen LogP contribution in [-0.2, 0) is 16.8 Å². The average molecular weight is 1100 g/mol. The van der Waals surface area contributed by atoms with Gasteiger partial charge in [0.05, 0.1) is 30.0 Å². The molecule has 8 aromatic rings. The van der Waals surface area contributed by atoms with Gasteiger partial charge in [0.2, 0.25) is 0 Å². The third-order valence-electron chi connectivity index (χ3n) is 15.7. The van der Waals surface area contributed by atoms with Crippen molar-refractivity contribution >= 4 is 34.3 Å². The number of fused-ring (bicyclic) bond motifs is 2. The molecule has 1 amide bonds. The highest BCUT2D eigenvalue weighted by molar-refractivity contribution is 6.15. The Morgan fingerprint density at radius 2 is 1.15 bits per heavy atom. The van der Waals surface area contributed by atoms with Gasteiger partial charge < -0.3 is 35.1 Å². The molecular formula is C69H81N9O4. The lowest BCUT2D eigenvalue weighted by molar-refractivity contribution is 0.0524. The van der Waals surface area contributed by atoms with Crippen LogP contribution < -0.4 is 30.3 Å². The van der Waals surface area contributed by atoms with E-state index < -0.39 is 11.1 Å². The first kappa shape index (κ1) is 57.2. The number of hydrogen-bond acceptors (Lipinski definition) is 11. The number of hydrogen-bond donors (Lipinski definition) is 2. The van der Waals surface area contributed by atoms with Gasteiger partial charge in [-0.3, -0.25) is 4.99 Å². The summed E-state index contributed by atoms with van der Waals surface area (Å²) in [5, 5.41) is 9.55. The number of pyridine rings is 2. The highest BCUT2D eigenvalue weighted by Crippen LogP contribution is 2.45. The van der Waals surface area contributed by atoms with Crippen molar-refractivity contribution < 1.29 is 19.0 Å². The summed E-state index contributed by atoms with van der Waals surface area (Å²) in [5.74, 6) is 4.99. The minimum absolute atomic E-state index is 0.0292. The van der Waals surface area contributed by atoms with E-state index in [1.54, 1.807) is 0 Å². The Bertz CT molecular complexity index is 3320. The largest absolute Gasteiger partial charge is 0.491 e. The Morgan fingerprint density at radius 1 is 0.634 bits per heavy atom. The summed E-state index contributed by atoms with van der Waals surface area (Å²) in [7, 11) is 0. The molecule has 0 bridgehead atoms. The van der Waals surface area contributed by atoms with Gasteiger partial charge >= 0.3 is 6.09 Å². The number of anilines is 2. The van der Waals surface area contributed by atoms with Gasteiger partial charge in [0.15, 0.2) is 0 Å². The average Bonchev–Trinajstić information content (AvgIpc) is 4.28. The predicted molar refractivity (Wildman–Crippen MR) is 332 cm³/mol. The minimum Gasteiger partial charge on any atom is -0.491 e. The van der Waals surface area contributed by atoms with Crippen LogP contribution in [0, 0.1) is 11.8 Å². The first-order valence-corrected chi connectivity index (χ1v) is 29.6. The van der Waals surface area contributed by atoms with Gasteiger partial charge in [0.1, 0.15) is 40.0 Å². The third-order valence-corrected chi connectivity index (χ3v) is 15.7. The van der Waals surface area contributed by atoms with Gasteiger partial charge in [-0.05, 0) is 182 Å². The second-order valence-corrected chi connectivity index (χ2v) is 23.5. The molecule has 0 atom stereocenters. The van der Waals surface area contributed by atoms with Crippen LogP contribution in [0.2, 0.25) is 0 Å². The lowest BCUT2D eigenvalue weighted by Crippen LogP contribution is -2.38. The summed E-state index contributed by atoms with van der Waals surface area (Å²) < 4.78 is 19.8. The van der Waals surface area contributed by atoms with E-state index in [2.05, 4.69) is 184 Å². The maximum atomic E-state index is 12.1. The molecule has 2 saturated heterocycles. The van der Waals surface area contributed by atoms with Crippen LogP contribution in [0.3, 0.4) is 0 Å². The Morgan fingerprint density at radius 3 is 1.68 bits per heavy atom. The molecule has 13 nitrogen and oxygen atoms in total. The second-order valence-electron chi connectivity index (χ2n) is 23.5. The number of rotatable bonds is 17. The first-order chi connectivity index (χ1) is 39.7. The molecule has 3 N–H and O–H groups in total. The Balaban J connectivity index is 0.000000225. The zero-order chi connectivity index (χ0) is 57.2. The zero-order valence-electron chi connectivity index (χ0n) is 48.9. The number of carbonyl (C=O) groups is 1. The fraction of sp³-hybridized carbons (Fsp3) is 0.377. The van der Waals surface area contributed by atoms with Crippen molar-refractivity contribution in [3.8, 4) is 22.8 Å². The summed E-state index contributed by atoms with van der Waals surface area (Å²) in [6.45, 7) is 19.9. The molecule has 11 rings (SSSR count). The van der Waals surface area contributed by atoms with Crippen molar-refractivity contribution in [3.05, 3.63) is 197 Å². The number of carbonyl (C=O) groups excluding carboxylic acids is 1. The summed E-state index contributed by atoms with van der Waals surface area (Å²) in [4.78, 5) is 31.2. The van der Waals surface area contributed by atoms with Crippen molar-refractivity contribution in [2.75, 3.05) is 49.1 Å². The van der Waals surface area contributed by atoms with Crippen LogP contribution in [0.15, 0.2) is 169 Å². The number of alkyl carbamates (subject to hydrolysis) is 1. The summed E-state index contributed by atoms with van der Waals surface area (Å²) in [6, 6.07) is 53.2.